The van der Waals surface area contributed by atoms with Crippen molar-refractivity contribution in [1.29, 1.82) is 0 Å². The second-order valence-electron chi connectivity index (χ2n) is 3.93. The molecule has 0 spiro atoms. The molecule has 1 atom stereocenters. The molecule has 4 nitrogen and oxygen atoms in total. The van der Waals surface area contributed by atoms with Gasteiger partial charge >= 0.3 is 0 Å². The lowest BCUT2D eigenvalue weighted by molar-refractivity contribution is 0.357. The Bertz CT molecular complexity index is 601. The molecule has 0 amide bonds. The molecule has 0 fully saturated rings. The first-order valence-electron chi connectivity index (χ1n) is 5.41. The molecule has 92 valence electrons. The van der Waals surface area contributed by atoms with E-state index in [1.807, 2.05) is 0 Å². The van der Waals surface area contributed by atoms with Crippen molar-refractivity contribution >= 4 is 0 Å². The van der Waals surface area contributed by atoms with E-state index in [1.54, 1.807) is 19.1 Å². The SMILES string of the molecule is C#CCC(N)c1nc(-c2ccc(F)c(C)c2)no1. The molecule has 1 unspecified atom stereocenters. The van der Waals surface area contributed by atoms with E-state index in [-0.39, 0.29) is 11.7 Å². The Morgan fingerprint density at radius 1 is 1.56 bits per heavy atom. The zero-order chi connectivity index (χ0) is 13.1. The highest BCUT2D eigenvalue weighted by atomic mass is 19.1. The monoisotopic (exact) mass is 245 g/mol. The maximum atomic E-state index is 13.1. The highest BCUT2D eigenvalue weighted by molar-refractivity contribution is 5.55. The van der Waals surface area contributed by atoms with Crippen LogP contribution in [0.2, 0.25) is 0 Å². The quantitative estimate of drug-likeness (QED) is 0.842. The lowest BCUT2D eigenvalue weighted by Gasteiger charge is -1.99. The Labute approximate surface area is 104 Å². The minimum Gasteiger partial charge on any atom is -0.337 e. The zero-order valence-corrected chi connectivity index (χ0v) is 9.85. The van der Waals surface area contributed by atoms with Gasteiger partial charge in [0.1, 0.15) is 5.82 Å². The van der Waals surface area contributed by atoms with Crippen LogP contribution in [0, 0.1) is 25.1 Å². The third-order valence-corrected chi connectivity index (χ3v) is 2.51. The molecule has 0 saturated heterocycles. The second-order valence-corrected chi connectivity index (χ2v) is 3.93. The van der Waals surface area contributed by atoms with Gasteiger partial charge in [0.2, 0.25) is 11.7 Å². The van der Waals surface area contributed by atoms with Crippen LogP contribution in [-0.2, 0) is 0 Å². The van der Waals surface area contributed by atoms with Crippen molar-refractivity contribution in [3.63, 3.8) is 0 Å². The maximum absolute atomic E-state index is 13.1. The van der Waals surface area contributed by atoms with Crippen LogP contribution in [0.4, 0.5) is 4.39 Å². The topological polar surface area (TPSA) is 64.9 Å². The summed E-state index contributed by atoms with van der Waals surface area (Å²) in [6, 6.07) is 4.13. The van der Waals surface area contributed by atoms with Crippen molar-refractivity contribution in [3.05, 3.63) is 35.5 Å². The molecule has 2 N–H and O–H groups in total. The van der Waals surface area contributed by atoms with Crippen molar-refractivity contribution in [1.82, 2.24) is 10.1 Å². The van der Waals surface area contributed by atoms with Gasteiger partial charge in [-0.15, -0.1) is 12.3 Å². The third-order valence-electron chi connectivity index (χ3n) is 2.51. The number of hydrogen-bond donors (Lipinski definition) is 1. The molecule has 0 aliphatic heterocycles. The fraction of sp³-hybridized carbons (Fsp3) is 0.231. The lowest BCUT2D eigenvalue weighted by atomic mass is 10.1. The molecule has 1 aromatic heterocycles. The Kier molecular flexibility index (Phi) is 3.40. The molecule has 0 aliphatic carbocycles. The Morgan fingerprint density at radius 2 is 2.33 bits per heavy atom. The average Bonchev–Trinajstić information content (AvgIpc) is 2.82. The molecule has 2 rings (SSSR count). The van der Waals surface area contributed by atoms with Crippen LogP contribution >= 0.6 is 0 Å². The molecule has 1 aromatic carbocycles. The van der Waals surface area contributed by atoms with E-state index in [9.17, 15) is 4.39 Å². The number of nitrogens with two attached hydrogens (primary N) is 1. The van der Waals surface area contributed by atoms with Gasteiger partial charge in [-0.25, -0.2) is 4.39 Å². The van der Waals surface area contributed by atoms with E-state index in [2.05, 4.69) is 16.1 Å². The summed E-state index contributed by atoms with van der Waals surface area (Å²) in [5.74, 6) is 2.82. The Morgan fingerprint density at radius 3 is 3.00 bits per heavy atom. The van der Waals surface area contributed by atoms with Crippen molar-refractivity contribution in [3.8, 4) is 23.7 Å². The normalized spacial score (nSPS) is 12.1. The first-order valence-corrected chi connectivity index (χ1v) is 5.41. The van der Waals surface area contributed by atoms with Crippen LogP contribution in [0.15, 0.2) is 22.7 Å². The predicted octanol–water partition coefficient (Wildman–Crippen LogP) is 2.21. The van der Waals surface area contributed by atoms with Crippen LogP contribution in [-0.4, -0.2) is 10.1 Å². The second kappa shape index (κ2) is 4.98. The number of terminal acetylenes is 1. The minimum absolute atomic E-state index is 0.272. The third kappa shape index (κ3) is 2.39. The Hall–Kier alpha value is -2.19. The fourth-order valence-corrected chi connectivity index (χ4v) is 1.50. The maximum Gasteiger partial charge on any atom is 0.244 e. The molecule has 0 radical (unpaired) electrons. The van der Waals surface area contributed by atoms with Gasteiger partial charge in [0.25, 0.3) is 0 Å². The van der Waals surface area contributed by atoms with Gasteiger partial charge in [-0.1, -0.05) is 5.16 Å². The molecule has 18 heavy (non-hydrogen) atoms. The van der Waals surface area contributed by atoms with Crippen LogP contribution in [0.3, 0.4) is 0 Å². The lowest BCUT2D eigenvalue weighted by Crippen LogP contribution is -2.09. The first-order chi connectivity index (χ1) is 8.61. The minimum atomic E-state index is -0.474. The molecule has 5 heteroatoms. The number of aromatic nitrogens is 2. The molecule has 0 saturated carbocycles. The van der Waals surface area contributed by atoms with E-state index < -0.39 is 6.04 Å². The summed E-state index contributed by atoms with van der Waals surface area (Å²) in [6.07, 6.45) is 5.48. The molecular weight excluding hydrogens is 233 g/mol. The van der Waals surface area contributed by atoms with Gasteiger partial charge in [-0.05, 0) is 30.7 Å². The molecule has 0 aliphatic rings. The van der Waals surface area contributed by atoms with Gasteiger partial charge in [0.15, 0.2) is 0 Å². The summed E-state index contributed by atoms with van der Waals surface area (Å²) in [5.41, 5.74) is 6.95. The summed E-state index contributed by atoms with van der Waals surface area (Å²) in [7, 11) is 0. The number of rotatable bonds is 3. The molecule has 1 heterocycles. The smallest absolute Gasteiger partial charge is 0.244 e. The van der Waals surface area contributed by atoms with Crippen LogP contribution in [0.5, 0.6) is 0 Å². The van der Waals surface area contributed by atoms with E-state index in [0.29, 0.717) is 23.4 Å². The van der Waals surface area contributed by atoms with Crippen molar-refractivity contribution in [2.45, 2.75) is 19.4 Å². The summed E-state index contributed by atoms with van der Waals surface area (Å²) in [4.78, 5) is 4.15. The summed E-state index contributed by atoms with van der Waals surface area (Å²) < 4.78 is 18.2. The van der Waals surface area contributed by atoms with Gasteiger partial charge in [-0.3, -0.25) is 0 Å². The molecular formula is C13H12FN3O. The largest absolute Gasteiger partial charge is 0.337 e. The number of aryl methyl sites for hydroxylation is 1. The highest BCUT2D eigenvalue weighted by Gasteiger charge is 2.15. The number of benzene rings is 1. The summed E-state index contributed by atoms with van der Waals surface area (Å²) >= 11 is 0. The van der Waals surface area contributed by atoms with Crippen molar-refractivity contribution < 1.29 is 8.91 Å². The summed E-state index contributed by atoms with van der Waals surface area (Å²) in [5, 5.41) is 3.80. The molecule has 2 aromatic rings. The fourth-order valence-electron chi connectivity index (χ4n) is 1.50. The van der Waals surface area contributed by atoms with Crippen LogP contribution < -0.4 is 5.73 Å². The van der Waals surface area contributed by atoms with Crippen molar-refractivity contribution in [2.24, 2.45) is 5.73 Å². The number of hydrogen-bond acceptors (Lipinski definition) is 4. The van der Waals surface area contributed by atoms with Gasteiger partial charge in [0, 0.05) is 12.0 Å². The number of halogens is 1. The number of nitrogens with zero attached hydrogens (tertiary/aromatic N) is 2. The zero-order valence-electron chi connectivity index (χ0n) is 9.85. The van der Waals surface area contributed by atoms with E-state index >= 15 is 0 Å². The first kappa shape index (κ1) is 12.3. The van der Waals surface area contributed by atoms with Crippen LogP contribution in [0.1, 0.15) is 23.9 Å². The van der Waals surface area contributed by atoms with Crippen molar-refractivity contribution in [2.75, 3.05) is 0 Å². The average molecular weight is 245 g/mol. The highest BCUT2D eigenvalue weighted by Crippen LogP contribution is 2.21. The molecule has 0 bridgehead atoms. The standard InChI is InChI=1S/C13H12FN3O/c1-3-4-11(15)13-16-12(17-18-13)9-5-6-10(14)8(2)7-9/h1,5-7,11H,4,15H2,2H3. The Balaban J connectivity index is 2.29. The van der Waals surface area contributed by atoms with E-state index in [4.69, 9.17) is 16.7 Å². The van der Waals surface area contributed by atoms with Crippen LogP contribution in [0.25, 0.3) is 11.4 Å². The van der Waals surface area contributed by atoms with E-state index in [1.165, 1.54) is 6.07 Å². The van der Waals surface area contributed by atoms with Gasteiger partial charge < -0.3 is 10.3 Å². The van der Waals surface area contributed by atoms with E-state index in [0.717, 1.165) is 0 Å². The van der Waals surface area contributed by atoms with Gasteiger partial charge in [0.05, 0.1) is 6.04 Å². The predicted molar refractivity (Wildman–Crippen MR) is 64.8 cm³/mol. The summed E-state index contributed by atoms with van der Waals surface area (Å²) in [6.45, 7) is 1.67. The van der Waals surface area contributed by atoms with Gasteiger partial charge in [-0.2, -0.15) is 4.98 Å².